The maximum Gasteiger partial charge on any atom is 0.271 e. The minimum atomic E-state index is -0.639. The largest absolute Gasteiger partial charge is 0.294 e. The highest BCUT2D eigenvalue weighted by Crippen LogP contribution is 2.27. The predicted molar refractivity (Wildman–Crippen MR) is 55.5 cm³/mol. The van der Waals surface area contributed by atoms with Crippen LogP contribution in [0.25, 0.3) is 0 Å². The second-order valence-corrected chi connectivity index (χ2v) is 3.57. The number of nitrogens with zero attached hydrogens (tertiary/aromatic N) is 2. The Labute approximate surface area is 93.6 Å². The Balaban J connectivity index is 3.54. The highest BCUT2D eigenvalue weighted by Gasteiger charge is 2.17. The number of benzene rings is 1. The van der Waals surface area contributed by atoms with E-state index >= 15 is 0 Å². The van der Waals surface area contributed by atoms with E-state index in [2.05, 4.69) is 15.9 Å². The summed E-state index contributed by atoms with van der Waals surface area (Å²) in [6.45, 7) is 1.28. The number of nitro groups is 1. The summed E-state index contributed by atoms with van der Waals surface area (Å²) < 4.78 is 0.295. The summed E-state index contributed by atoms with van der Waals surface area (Å²) in [6, 6.07) is 4.05. The molecule has 0 saturated heterocycles. The van der Waals surface area contributed by atoms with Crippen LogP contribution in [0.15, 0.2) is 16.6 Å². The molecule has 0 saturated carbocycles. The van der Waals surface area contributed by atoms with Gasteiger partial charge in [-0.25, -0.2) is 0 Å². The normalized spacial score (nSPS) is 9.40. The van der Waals surface area contributed by atoms with E-state index in [0.717, 1.165) is 12.1 Å². The Hall–Kier alpha value is -1.74. The van der Waals surface area contributed by atoms with Crippen molar-refractivity contribution in [1.82, 2.24) is 0 Å². The van der Waals surface area contributed by atoms with Gasteiger partial charge in [-0.1, -0.05) is 0 Å². The number of carbonyl (C=O) groups excluding carboxylic acids is 1. The van der Waals surface area contributed by atoms with Gasteiger partial charge in [-0.2, -0.15) is 5.26 Å². The monoisotopic (exact) mass is 268 g/mol. The van der Waals surface area contributed by atoms with E-state index in [4.69, 9.17) is 5.26 Å². The molecule has 0 fully saturated rings. The van der Waals surface area contributed by atoms with Gasteiger partial charge in [0, 0.05) is 22.2 Å². The Bertz CT molecular complexity index is 491. The lowest BCUT2D eigenvalue weighted by Crippen LogP contribution is -1.99. The molecule has 0 aliphatic heterocycles. The van der Waals surface area contributed by atoms with Crippen LogP contribution in [0.3, 0.4) is 0 Å². The molecule has 0 amide bonds. The van der Waals surface area contributed by atoms with Gasteiger partial charge in [0.05, 0.1) is 10.5 Å². The van der Waals surface area contributed by atoms with Crippen molar-refractivity contribution in [3.63, 3.8) is 0 Å². The molecule has 1 rings (SSSR count). The lowest BCUT2D eigenvalue weighted by molar-refractivity contribution is -0.384. The summed E-state index contributed by atoms with van der Waals surface area (Å²) in [5, 5.41) is 19.2. The molecule has 15 heavy (non-hydrogen) atoms. The van der Waals surface area contributed by atoms with E-state index < -0.39 is 4.92 Å². The van der Waals surface area contributed by atoms with Crippen LogP contribution in [-0.4, -0.2) is 10.7 Å². The average Bonchev–Trinajstić information content (AvgIpc) is 2.17. The highest BCUT2D eigenvalue weighted by atomic mass is 79.9. The van der Waals surface area contributed by atoms with Crippen LogP contribution in [0.1, 0.15) is 22.8 Å². The molecule has 0 heterocycles. The Kier molecular flexibility index (Phi) is 3.17. The fourth-order valence-corrected chi connectivity index (χ4v) is 1.65. The van der Waals surface area contributed by atoms with E-state index in [1.165, 1.54) is 6.92 Å². The molecule has 1 aromatic carbocycles. The lowest BCUT2D eigenvalue weighted by Gasteiger charge is -2.01. The first-order valence-corrected chi connectivity index (χ1v) is 4.65. The smallest absolute Gasteiger partial charge is 0.271 e. The summed E-state index contributed by atoms with van der Waals surface area (Å²) in [7, 11) is 0. The van der Waals surface area contributed by atoms with Crippen LogP contribution in [0, 0.1) is 21.4 Å². The Morgan fingerprint density at radius 1 is 1.60 bits per heavy atom. The fourth-order valence-electron chi connectivity index (χ4n) is 1.05. The van der Waals surface area contributed by atoms with E-state index in [0.29, 0.717) is 4.47 Å². The van der Waals surface area contributed by atoms with Crippen LogP contribution in [-0.2, 0) is 0 Å². The summed E-state index contributed by atoms with van der Waals surface area (Å²) >= 11 is 3.06. The second-order valence-electron chi connectivity index (χ2n) is 2.78. The van der Waals surface area contributed by atoms with Gasteiger partial charge in [-0.05, 0) is 22.9 Å². The number of hydrogen-bond donors (Lipinski definition) is 0. The SMILES string of the molecule is CC(=O)c1cc([N+](=O)[O-])cc(C#N)c1Br. The third-order valence-electron chi connectivity index (χ3n) is 1.77. The van der Waals surface area contributed by atoms with Crippen LogP contribution >= 0.6 is 15.9 Å². The first kappa shape index (κ1) is 11.3. The minimum Gasteiger partial charge on any atom is -0.294 e. The zero-order chi connectivity index (χ0) is 11.6. The van der Waals surface area contributed by atoms with Crippen molar-refractivity contribution in [3.05, 3.63) is 37.8 Å². The lowest BCUT2D eigenvalue weighted by atomic mass is 10.1. The number of nitriles is 1. The third kappa shape index (κ3) is 2.19. The number of nitro benzene ring substituents is 1. The van der Waals surface area contributed by atoms with Crippen molar-refractivity contribution in [3.8, 4) is 6.07 Å². The van der Waals surface area contributed by atoms with Crippen LogP contribution in [0.5, 0.6) is 0 Å². The first-order valence-electron chi connectivity index (χ1n) is 3.86. The number of rotatable bonds is 2. The maximum absolute atomic E-state index is 11.1. The molecule has 0 radical (unpaired) electrons. The van der Waals surface area contributed by atoms with Gasteiger partial charge < -0.3 is 0 Å². The van der Waals surface area contributed by atoms with Gasteiger partial charge in [0.25, 0.3) is 5.69 Å². The maximum atomic E-state index is 11.1. The van der Waals surface area contributed by atoms with Crippen molar-refractivity contribution in [2.45, 2.75) is 6.92 Å². The molecule has 0 aliphatic rings. The van der Waals surface area contributed by atoms with Crippen molar-refractivity contribution < 1.29 is 9.72 Å². The number of ketones is 1. The number of non-ortho nitro benzene ring substituents is 1. The molecule has 1 aromatic rings. The molecule has 0 unspecified atom stereocenters. The topological polar surface area (TPSA) is 84.0 Å². The van der Waals surface area contributed by atoms with Crippen LogP contribution in [0.4, 0.5) is 5.69 Å². The Morgan fingerprint density at radius 2 is 2.20 bits per heavy atom. The molecule has 0 bridgehead atoms. The summed E-state index contributed by atoms with van der Waals surface area (Å²) in [5.74, 6) is -0.331. The van der Waals surface area contributed by atoms with E-state index in [-0.39, 0.29) is 22.6 Å². The first-order chi connectivity index (χ1) is 6.97. The molecule has 0 aliphatic carbocycles. The van der Waals surface area contributed by atoms with Gasteiger partial charge in [0.2, 0.25) is 0 Å². The molecule has 0 N–H and O–H groups in total. The molecule has 0 atom stereocenters. The second kappa shape index (κ2) is 4.19. The number of hydrogen-bond acceptors (Lipinski definition) is 4. The average molecular weight is 269 g/mol. The molecule has 5 nitrogen and oxygen atoms in total. The minimum absolute atomic E-state index is 0.0781. The number of halogens is 1. The van der Waals surface area contributed by atoms with Crippen molar-refractivity contribution in [2.24, 2.45) is 0 Å². The fraction of sp³-hybridized carbons (Fsp3) is 0.111. The molecular weight excluding hydrogens is 264 g/mol. The highest BCUT2D eigenvalue weighted by molar-refractivity contribution is 9.10. The predicted octanol–water partition coefficient (Wildman–Crippen LogP) is 2.43. The van der Waals surface area contributed by atoms with Gasteiger partial charge in [0.1, 0.15) is 6.07 Å². The van der Waals surface area contributed by atoms with Gasteiger partial charge >= 0.3 is 0 Å². The van der Waals surface area contributed by atoms with Crippen molar-refractivity contribution in [2.75, 3.05) is 0 Å². The van der Waals surface area contributed by atoms with Crippen LogP contribution < -0.4 is 0 Å². The zero-order valence-corrected chi connectivity index (χ0v) is 9.24. The van der Waals surface area contributed by atoms with E-state index in [1.54, 1.807) is 6.07 Å². The van der Waals surface area contributed by atoms with Gasteiger partial charge in [-0.15, -0.1) is 0 Å². The molecule has 0 spiro atoms. The molecule has 6 heteroatoms. The Morgan fingerprint density at radius 3 is 2.60 bits per heavy atom. The summed E-state index contributed by atoms with van der Waals surface area (Å²) in [5.41, 5.74) is -0.0462. The van der Waals surface area contributed by atoms with Crippen LogP contribution in [0.2, 0.25) is 0 Å². The number of carbonyl (C=O) groups is 1. The standard InChI is InChI=1S/C9H5BrN2O3/c1-5(13)8-3-7(12(14)15)2-6(4-11)9(8)10/h2-3H,1H3. The van der Waals surface area contributed by atoms with E-state index in [1.807, 2.05) is 0 Å². The summed E-state index contributed by atoms with van der Waals surface area (Å²) in [6.07, 6.45) is 0. The quantitative estimate of drug-likeness (QED) is 0.469. The number of Topliss-reactive ketones (excluding diaryl/α,β-unsaturated/α-hetero) is 1. The van der Waals surface area contributed by atoms with Gasteiger partial charge in [0.15, 0.2) is 5.78 Å². The molecule has 0 aromatic heterocycles. The zero-order valence-electron chi connectivity index (χ0n) is 7.65. The van der Waals surface area contributed by atoms with Gasteiger partial charge in [-0.3, -0.25) is 14.9 Å². The summed E-state index contributed by atoms with van der Waals surface area (Å²) in [4.78, 5) is 21.0. The van der Waals surface area contributed by atoms with Crippen molar-refractivity contribution in [1.29, 1.82) is 5.26 Å². The van der Waals surface area contributed by atoms with E-state index in [9.17, 15) is 14.9 Å². The third-order valence-corrected chi connectivity index (χ3v) is 2.62. The molecule has 76 valence electrons. The van der Waals surface area contributed by atoms with Crippen molar-refractivity contribution >= 4 is 27.4 Å². The molecular formula is C9H5BrN2O3.